The Morgan fingerprint density at radius 3 is 2.85 bits per heavy atom. The van der Waals surface area contributed by atoms with Gasteiger partial charge in [-0.25, -0.2) is 0 Å². The quantitative estimate of drug-likeness (QED) is 0.605. The van der Waals surface area contributed by atoms with Crippen molar-refractivity contribution >= 4 is 5.91 Å². The Balaban J connectivity index is 2.22. The highest BCUT2D eigenvalue weighted by atomic mass is 16.2. The lowest BCUT2D eigenvalue weighted by molar-refractivity contribution is -0.131. The van der Waals surface area contributed by atoms with Crippen molar-refractivity contribution in [2.24, 2.45) is 5.92 Å². The van der Waals surface area contributed by atoms with Crippen molar-refractivity contribution in [1.82, 2.24) is 10.2 Å². The molecule has 2 aliphatic rings. The zero-order chi connectivity index (χ0) is 9.47. The van der Waals surface area contributed by atoms with Crippen LogP contribution in [0.4, 0.5) is 0 Å². The molecule has 1 heterocycles. The third-order valence-electron chi connectivity index (χ3n) is 3.78. The molecule has 0 aromatic carbocycles. The van der Waals surface area contributed by atoms with E-state index >= 15 is 0 Å². The minimum absolute atomic E-state index is 0.00463. The van der Waals surface area contributed by atoms with E-state index in [1.165, 1.54) is 19.3 Å². The molecule has 13 heavy (non-hydrogen) atoms. The van der Waals surface area contributed by atoms with E-state index in [4.69, 9.17) is 0 Å². The van der Waals surface area contributed by atoms with Crippen molar-refractivity contribution in [3.63, 3.8) is 0 Å². The van der Waals surface area contributed by atoms with Crippen molar-refractivity contribution in [2.45, 2.75) is 38.3 Å². The van der Waals surface area contributed by atoms with Crippen molar-refractivity contribution in [2.75, 3.05) is 13.6 Å². The second-order valence-electron chi connectivity index (χ2n) is 4.38. The van der Waals surface area contributed by atoms with Gasteiger partial charge in [0.2, 0.25) is 5.91 Å². The number of nitrogens with one attached hydrogen (secondary N) is 1. The first-order chi connectivity index (χ1) is 6.17. The van der Waals surface area contributed by atoms with Gasteiger partial charge in [0.1, 0.15) is 0 Å². The van der Waals surface area contributed by atoms with Gasteiger partial charge in [0, 0.05) is 7.05 Å². The van der Waals surface area contributed by atoms with Gasteiger partial charge in [-0.15, -0.1) is 0 Å². The molecule has 2 fully saturated rings. The molecule has 2 atom stereocenters. The molecule has 2 rings (SSSR count). The molecular weight excluding hydrogens is 164 g/mol. The summed E-state index contributed by atoms with van der Waals surface area (Å²) in [4.78, 5) is 13.4. The lowest BCUT2D eigenvalue weighted by Crippen LogP contribution is -2.56. The molecule has 1 aliphatic carbocycles. The standard InChI is InChI=1S/C10H18N2O/c1-8-5-3-4-6-10(8)11-7-9(13)12(10)2/h8,11H,3-7H2,1-2H3. The summed E-state index contributed by atoms with van der Waals surface area (Å²) in [5.41, 5.74) is -0.00463. The van der Waals surface area contributed by atoms with Gasteiger partial charge in [0.05, 0.1) is 12.2 Å². The number of rotatable bonds is 0. The molecule has 3 heteroatoms. The number of amides is 1. The molecule has 1 saturated heterocycles. The first kappa shape index (κ1) is 9.00. The third kappa shape index (κ3) is 1.17. The van der Waals surface area contributed by atoms with Crippen LogP contribution in [0.2, 0.25) is 0 Å². The van der Waals surface area contributed by atoms with Crippen LogP contribution < -0.4 is 5.32 Å². The van der Waals surface area contributed by atoms with Gasteiger partial charge in [-0.2, -0.15) is 0 Å². The highest BCUT2D eigenvalue weighted by molar-refractivity contribution is 5.81. The fourth-order valence-corrected chi connectivity index (χ4v) is 2.78. The van der Waals surface area contributed by atoms with Gasteiger partial charge in [0.25, 0.3) is 0 Å². The molecular formula is C10H18N2O. The van der Waals surface area contributed by atoms with E-state index < -0.39 is 0 Å². The van der Waals surface area contributed by atoms with Crippen LogP contribution in [0, 0.1) is 5.92 Å². The summed E-state index contributed by atoms with van der Waals surface area (Å²) >= 11 is 0. The number of hydrogen-bond acceptors (Lipinski definition) is 2. The highest BCUT2D eigenvalue weighted by Gasteiger charge is 2.47. The zero-order valence-electron chi connectivity index (χ0n) is 8.47. The van der Waals surface area contributed by atoms with E-state index in [2.05, 4.69) is 12.2 Å². The summed E-state index contributed by atoms with van der Waals surface area (Å²) < 4.78 is 0. The summed E-state index contributed by atoms with van der Waals surface area (Å²) in [7, 11) is 1.93. The van der Waals surface area contributed by atoms with Crippen LogP contribution in [0.1, 0.15) is 32.6 Å². The van der Waals surface area contributed by atoms with Crippen LogP contribution in [-0.2, 0) is 4.79 Å². The summed E-state index contributed by atoms with van der Waals surface area (Å²) in [5.74, 6) is 0.839. The Bertz CT molecular complexity index is 229. The van der Waals surface area contributed by atoms with E-state index in [0.717, 1.165) is 6.42 Å². The highest BCUT2D eigenvalue weighted by Crippen LogP contribution is 2.37. The van der Waals surface area contributed by atoms with Gasteiger partial charge >= 0.3 is 0 Å². The van der Waals surface area contributed by atoms with E-state index in [9.17, 15) is 4.79 Å². The van der Waals surface area contributed by atoms with Crippen molar-refractivity contribution in [3.8, 4) is 0 Å². The summed E-state index contributed by atoms with van der Waals surface area (Å²) in [6.45, 7) is 2.78. The normalized spacial score (nSPS) is 40.3. The van der Waals surface area contributed by atoms with Gasteiger partial charge in [-0.05, 0) is 25.2 Å². The Morgan fingerprint density at radius 1 is 1.54 bits per heavy atom. The van der Waals surface area contributed by atoms with Crippen LogP contribution >= 0.6 is 0 Å². The molecule has 1 amide bonds. The molecule has 0 bridgehead atoms. The van der Waals surface area contributed by atoms with Crippen LogP contribution in [0.5, 0.6) is 0 Å². The summed E-state index contributed by atoms with van der Waals surface area (Å²) in [5, 5.41) is 3.40. The predicted octanol–water partition coefficient (Wildman–Crippen LogP) is 0.954. The van der Waals surface area contributed by atoms with E-state index in [0.29, 0.717) is 12.5 Å². The molecule has 2 unspecified atom stereocenters. The van der Waals surface area contributed by atoms with E-state index in [1.807, 2.05) is 11.9 Å². The maximum atomic E-state index is 11.5. The first-order valence-electron chi connectivity index (χ1n) is 5.18. The smallest absolute Gasteiger partial charge is 0.237 e. The van der Waals surface area contributed by atoms with Crippen molar-refractivity contribution in [3.05, 3.63) is 0 Å². The monoisotopic (exact) mass is 182 g/mol. The Morgan fingerprint density at radius 2 is 2.31 bits per heavy atom. The molecule has 1 spiro atoms. The minimum Gasteiger partial charge on any atom is -0.326 e. The molecule has 0 aromatic heterocycles. The van der Waals surface area contributed by atoms with Crippen LogP contribution in [0.3, 0.4) is 0 Å². The molecule has 0 radical (unpaired) electrons. The Labute approximate surface area is 79.5 Å². The number of nitrogens with zero attached hydrogens (tertiary/aromatic N) is 1. The molecule has 1 aliphatic heterocycles. The SMILES string of the molecule is CC1CCCCC12NCC(=O)N2C. The second-order valence-corrected chi connectivity index (χ2v) is 4.38. The predicted molar refractivity (Wildman–Crippen MR) is 51.1 cm³/mol. The lowest BCUT2D eigenvalue weighted by atomic mass is 9.80. The number of hydrogen-bond donors (Lipinski definition) is 1. The van der Waals surface area contributed by atoms with E-state index in [-0.39, 0.29) is 11.6 Å². The number of likely N-dealkylation sites (N-methyl/N-ethyl adjacent to an activating group) is 1. The number of carbonyl (C=O) groups excluding carboxylic acids is 1. The van der Waals surface area contributed by atoms with Crippen LogP contribution in [0.15, 0.2) is 0 Å². The topological polar surface area (TPSA) is 32.3 Å². The lowest BCUT2D eigenvalue weighted by Gasteiger charge is -2.44. The van der Waals surface area contributed by atoms with Gasteiger partial charge in [-0.3, -0.25) is 10.1 Å². The van der Waals surface area contributed by atoms with Crippen LogP contribution in [-0.4, -0.2) is 30.1 Å². The zero-order valence-corrected chi connectivity index (χ0v) is 8.47. The fourth-order valence-electron chi connectivity index (χ4n) is 2.78. The maximum absolute atomic E-state index is 11.5. The van der Waals surface area contributed by atoms with Crippen molar-refractivity contribution < 1.29 is 4.79 Å². The Hall–Kier alpha value is -0.570. The van der Waals surface area contributed by atoms with Gasteiger partial charge in [-0.1, -0.05) is 13.3 Å². The molecule has 74 valence electrons. The molecule has 1 saturated carbocycles. The largest absolute Gasteiger partial charge is 0.326 e. The first-order valence-corrected chi connectivity index (χ1v) is 5.18. The molecule has 3 nitrogen and oxygen atoms in total. The fraction of sp³-hybridized carbons (Fsp3) is 0.900. The average molecular weight is 182 g/mol. The molecule has 0 aromatic rings. The number of carbonyl (C=O) groups is 1. The van der Waals surface area contributed by atoms with E-state index in [1.54, 1.807) is 0 Å². The minimum atomic E-state index is -0.00463. The van der Waals surface area contributed by atoms with Crippen molar-refractivity contribution in [1.29, 1.82) is 0 Å². The molecule has 1 N–H and O–H groups in total. The average Bonchev–Trinajstić information content (AvgIpc) is 2.40. The summed E-state index contributed by atoms with van der Waals surface area (Å²) in [6, 6.07) is 0. The Kier molecular flexibility index (Phi) is 2.06. The second kappa shape index (κ2) is 2.98. The third-order valence-corrected chi connectivity index (χ3v) is 3.78. The van der Waals surface area contributed by atoms with Gasteiger partial charge < -0.3 is 4.90 Å². The van der Waals surface area contributed by atoms with Crippen LogP contribution in [0.25, 0.3) is 0 Å². The van der Waals surface area contributed by atoms with Gasteiger partial charge in [0.15, 0.2) is 0 Å². The summed E-state index contributed by atoms with van der Waals surface area (Å²) in [6.07, 6.45) is 4.92. The maximum Gasteiger partial charge on any atom is 0.237 e.